The van der Waals surface area contributed by atoms with Crippen LogP contribution in [0.3, 0.4) is 0 Å². The number of hydrogen-bond acceptors (Lipinski definition) is 5. The Labute approximate surface area is 163 Å². The summed E-state index contributed by atoms with van der Waals surface area (Å²) >= 11 is 0. The first-order valence-electron chi connectivity index (χ1n) is 9.34. The van der Waals surface area contributed by atoms with Gasteiger partial charge in [-0.05, 0) is 25.0 Å². The molecule has 2 heterocycles. The number of hydrogen-bond donors (Lipinski definition) is 1. The Hall–Kier alpha value is -3.00. The third kappa shape index (κ3) is 4.83. The second-order valence-electron chi connectivity index (χ2n) is 7.00. The summed E-state index contributed by atoms with van der Waals surface area (Å²) in [6.07, 6.45) is 0.807. The van der Waals surface area contributed by atoms with E-state index in [4.69, 9.17) is 5.73 Å². The number of aromatic nitrogens is 2. The summed E-state index contributed by atoms with van der Waals surface area (Å²) in [6.45, 7) is 3.58. The van der Waals surface area contributed by atoms with E-state index in [2.05, 4.69) is 5.10 Å². The fourth-order valence-corrected chi connectivity index (χ4v) is 3.39. The van der Waals surface area contributed by atoms with Crippen molar-refractivity contribution in [2.24, 2.45) is 5.73 Å². The highest BCUT2D eigenvalue weighted by Gasteiger charge is 2.32. The molecule has 1 aromatic heterocycles. The number of rotatable bonds is 6. The monoisotopic (exact) mass is 383 g/mol. The van der Waals surface area contributed by atoms with E-state index in [1.165, 1.54) is 11.6 Å². The van der Waals surface area contributed by atoms with Crippen LogP contribution in [0, 0.1) is 6.92 Å². The average Bonchev–Trinajstić information content (AvgIpc) is 2.69. The van der Waals surface area contributed by atoms with Crippen LogP contribution in [0.1, 0.15) is 11.3 Å². The van der Waals surface area contributed by atoms with E-state index in [0.717, 1.165) is 11.1 Å². The molecule has 8 nitrogen and oxygen atoms in total. The van der Waals surface area contributed by atoms with Gasteiger partial charge in [0.15, 0.2) is 0 Å². The Balaban J connectivity index is 1.63. The summed E-state index contributed by atoms with van der Waals surface area (Å²) in [7, 11) is 0. The number of carbonyl (C=O) groups excluding carboxylic acids is 2. The number of nitrogens with zero attached hydrogens (tertiary/aromatic N) is 4. The van der Waals surface area contributed by atoms with Gasteiger partial charge in [-0.3, -0.25) is 19.3 Å². The fourth-order valence-electron chi connectivity index (χ4n) is 3.39. The SMILES string of the molecule is Cc1ccc(=O)n(CC(=O)N2CCN(CCc3ccccc3)C(C(N)=O)C2)n1. The topological polar surface area (TPSA) is 102 Å². The van der Waals surface area contributed by atoms with Crippen LogP contribution < -0.4 is 11.3 Å². The van der Waals surface area contributed by atoms with Crippen molar-refractivity contribution in [2.75, 3.05) is 26.2 Å². The maximum Gasteiger partial charge on any atom is 0.267 e. The van der Waals surface area contributed by atoms with Crippen LogP contribution in [0.2, 0.25) is 0 Å². The minimum absolute atomic E-state index is 0.143. The molecule has 0 saturated carbocycles. The van der Waals surface area contributed by atoms with E-state index in [9.17, 15) is 14.4 Å². The molecule has 28 heavy (non-hydrogen) atoms. The first-order chi connectivity index (χ1) is 13.4. The molecule has 2 amide bonds. The zero-order valence-electron chi connectivity index (χ0n) is 16.0. The molecule has 0 radical (unpaired) electrons. The molecule has 1 aromatic carbocycles. The van der Waals surface area contributed by atoms with Gasteiger partial charge in [0, 0.05) is 32.2 Å². The molecular formula is C20H25N5O3. The zero-order valence-corrected chi connectivity index (χ0v) is 16.0. The van der Waals surface area contributed by atoms with Crippen LogP contribution in [0.4, 0.5) is 0 Å². The molecule has 2 aromatic rings. The molecule has 2 N–H and O–H groups in total. The van der Waals surface area contributed by atoms with Gasteiger partial charge < -0.3 is 10.6 Å². The largest absolute Gasteiger partial charge is 0.368 e. The van der Waals surface area contributed by atoms with E-state index in [0.29, 0.717) is 25.3 Å². The quantitative estimate of drug-likeness (QED) is 0.744. The fraction of sp³-hybridized carbons (Fsp3) is 0.400. The molecule has 0 bridgehead atoms. The third-order valence-electron chi connectivity index (χ3n) is 4.99. The van der Waals surface area contributed by atoms with E-state index >= 15 is 0 Å². The maximum absolute atomic E-state index is 12.6. The average molecular weight is 383 g/mol. The highest BCUT2D eigenvalue weighted by molar-refractivity contribution is 5.82. The van der Waals surface area contributed by atoms with Crippen molar-refractivity contribution in [3.05, 3.63) is 64.1 Å². The second kappa shape index (κ2) is 8.79. The standard InChI is InChI=1S/C20H25N5O3/c1-15-7-8-18(26)25(22-15)14-19(27)24-12-11-23(17(13-24)20(21)28)10-9-16-5-3-2-4-6-16/h2-8,17H,9-14H2,1H3,(H2,21,28). The number of nitrogens with two attached hydrogens (primary N) is 1. The van der Waals surface area contributed by atoms with Gasteiger partial charge >= 0.3 is 0 Å². The van der Waals surface area contributed by atoms with Crippen molar-refractivity contribution >= 4 is 11.8 Å². The van der Waals surface area contributed by atoms with Crippen molar-refractivity contribution < 1.29 is 9.59 Å². The molecule has 1 unspecified atom stereocenters. The van der Waals surface area contributed by atoms with Crippen molar-refractivity contribution in [1.82, 2.24) is 19.6 Å². The number of piperazine rings is 1. The Kier molecular flexibility index (Phi) is 6.20. The predicted molar refractivity (Wildman–Crippen MR) is 105 cm³/mol. The van der Waals surface area contributed by atoms with Gasteiger partial charge in [-0.2, -0.15) is 5.10 Å². The van der Waals surface area contributed by atoms with Crippen molar-refractivity contribution in [3.8, 4) is 0 Å². The lowest BCUT2D eigenvalue weighted by molar-refractivity contribution is -0.137. The summed E-state index contributed by atoms with van der Waals surface area (Å²) < 4.78 is 1.15. The van der Waals surface area contributed by atoms with E-state index in [-0.39, 0.29) is 24.6 Å². The smallest absolute Gasteiger partial charge is 0.267 e. The first-order valence-corrected chi connectivity index (χ1v) is 9.34. The Morgan fingerprint density at radius 2 is 1.89 bits per heavy atom. The zero-order chi connectivity index (χ0) is 20.1. The lowest BCUT2D eigenvalue weighted by Gasteiger charge is -2.40. The molecular weight excluding hydrogens is 358 g/mol. The van der Waals surface area contributed by atoms with Crippen molar-refractivity contribution in [2.45, 2.75) is 25.9 Å². The number of aryl methyl sites for hydroxylation is 1. The van der Waals surface area contributed by atoms with Gasteiger partial charge in [-0.1, -0.05) is 30.3 Å². The van der Waals surface area contributed by atoms with Crippen molar-refractivity contribution in [1.29, 1.82) is 0 Å². The lowest BCUT2D eigenvalue weighted by Crippen LogP contribution is -2.60. The molecule has 1 fully saturated rings. The molecule has 1 atom stereocenters. The summed E-state index contributed by atoms with van der Waals surface area (Å²) in [5, 5.41) is 4.09. The van der Waals surface area contributed by atoms with Gasteiger partial charge in [0.05, 0.1) is 5.69 Å². The van der Waals surface area contributed by atoms with Gasteiger partial charge in [-0.25, -0.2) is 4.68 Å². The Morgan fingerprint density at radius 3 is 2.61 bits per heavy atom. The van der Waals surface area contributed by atoms with Crippen LogP contribution in [-0.4, -0.2) is 63.6 Å². The second-order valence-corrected chi connectivity index (χ2v) is 7.00. The first kappa shape index (κ1) is 19.8. The molecule has 0 aliphatic carbocycles. The molecule has 3 rings (SSSR count). The highest BCUT2D eigenvalue weighted by Crippen LogP contribution is 2.12. The normalized spacial score (nSPS) is 17.5. The molecule has 1 saturated heterocycles. The van der Waals surface area contributed by atoms with Crippen molar-refractivity contribution in [3.63, 3.8) is 0 Å². The molecule has 0 spiro atoms. The number of carbonyl (C=O) groups is 2. The third-order valence-corrected chi connectivity index (χ3v) is 4.99. The highest BCUT2D eigenvalue weighted by atomic mass is 16.2. The molecule has 1 aliphatic heterocycles. The Morgan fingerprint density at radius 1 is 1.14 bits per heavy atom. The van der Waals surface area contributed by atoms with Gasteiger partial charge in [0.25, 0.3) is 5.56 Å². The summed E-state index contributed by atoms with van der Waals surface area (Å²) in [5.74, 6) is -0.689. The van der Waals surface area contributed by atoms with E-state index < -0.39 is 11.9 Å². The van der Waals surface area contributed by atoms with E-state index in [1.54, 1.807) is 17.9 Å². The van der Waals surface area contributed by atoms with Crippen LogP contribution in [0.5, 0.6) is 0 Å². The minimum atomic E-state index is -0.538. The number of primary amides is 1. The summed E-state index contributed by atoms with van der Waals surface area (Å²) in [5.41, 5.74) is 7.12. The number of benzene rings is 1. The van der Waals surface area contributed by atoms with Crippen LogP contribution in [-0.2, 0) is 22.6 Å². The van der Waals surface area contributed by atoms with E-state index in [1.807, 2.05) is 35.2 Å². The molecule has 148 valence electrons. The lowest BCUT2D eigenvalue weighted by atomic mass is 10.1. The maximum atomic E-state index is 12.6. The predicted octanol–water partition coefficient (Wildman–Crippen LogP) is -0.207. The Bertz CT molecular complexity index is 896. The van der Waals surface area contributed by atoms with Crippen LogP contribution in [0.15, 0.2) is 47.3 Å². The molecule has 8 heteroatoms. The van der Waals surface area contributed by atoms with Crippen LogP contribution >= 0.6 is 0 Å². The molecule has 1 aliphatic rings. The van der Waals surface area contributed by atoms with Crippen LogP contribution in [0.25, 0.3) is 0 Å². The summed E-state index contributed by atoms with van der Waals surface area (Å²) in [6, 6.07) is 12.5. The van der Waals surface area contributed by atoms with Gasteiger partial charge in [0.2, 0.25) is 11.8 Å². The van der Waals surface area contributed by atoms with Gasteiger partial charge in [-0.15, -0.1) is 0 Å². The van der Waals surface area contributed by atoms with Gasteiger partial charge in [0.1, 0.15) is 12.6 Å². The number of amides is 2. The minimum Gasteiger partial charge on any atom is -0.368 e. The summed E-state index contributed by atoms with van der Waals surface area (Å²) in [4.78, 5) is 40.1.